The average molecular weight is 306 g/mol. The molecule has 4 nitrogen and oxygen atoms in total. The van der Waals surface area contributed by atoms with Crippen LogP contribution in [0.2, 0.25) is 0 Å². The second kappa shape index (κ2) is 8.00. The van der Waals surface area contributed by atoms with Crippen molar-refractivity contribution < 1.29 is 9.21 Å². The standard InChI is InChI=1S/C16H22N2O2S/c1-13(2)9-17-16(19)12-18(10-14-5-3-7-20-14)11-15-6-4-8-21-15/h3-8,13H,9-12H2,1-2H3,(H,17,19). The molecule has 1 N–H and O–H groups in total. The van der Waals surface area contributed by atoms with Crippen LogP contribution >= 0.6 is 11.3 Å². The predicted molar refractivity (Wildman–Crippen MR) is 85.0 cm³/mol. The van der Waals surface area contributed by atoms with Gasteiger partial charge in [0.25, 0.3) is 0 Å². The molecule has 2 aromatic heterocycles. The van der Waals surface area contributed by atoms with E-state index in [1.165, 1.54) is 4.88 Å². The molecule has 0 fully saturated rings. The molecule has 0 aliphatic heterocycles. The molecule has 0 aliphatic carbocycles. The second-order valence-electron chi connectivity index (χ2n) is 5.50. The fourth-order valence-corrected chi connectivity index (χ4v) is 2.74. The van der Waals surface area contributed by atoms with Crippen molar-refractivity contribution in [2.24, 2.45) is 5.92 Å². The first-order valence-electron chi connectivity index (χ1n) is 7.17. The van der Waals surface area contributed by atoms with E-state index in [9.17, 15) is 4.79 Å². The van der Waals surface area contributed by atoms with E-state index in [-0.39, 0.29) is 5.91 Å². The summed E-state index contributed by atoms with van der Waals surface area (Å²) in [5.41, 5.74) is 0. The van der Waals surface area contributed by atoms with Gasteiger partial charge in [0, 0.05) is 18.0 Å². The highest BCUT2D eigenvalue weighted by Crippen LogP contribution is 2.14. The van der Waals surface area contributed by atoms with Gasteiger partial charge in [0.05, 0.1) is 19.4 Å². The molecule has 0 spiro atoms. The van der Waals surface area contributed by atoms with Crippen LogP contribution in [0.25, 0.3) is 0 Å². The minimum Gasteiger partial charge on any atom is -0.468 e. The van der Waals surface area contributed by atoms with Gasteiger partial charge in [-0.15, -0.1) is 11.3 Å². The Kier molecular flexibility index (Phi) is 6.02. The SMILES string of the molecule is CC(C)CNC(=O)CN(Cc1ccco1)Cc1cccs1. The Morgan fingerprint density at radius 2 is 2.19 bits per heavy atom. The molecule has 0 bridgehead atoms. The molecular formula is C16H22N2O2S. The summed E-state index contributed by atoms with van der Waals surface area (Å²) in [6.45, 7) is 6.67. The number of amides is 1. The van der Waals surface area contributed by atoms with Gasteiger partial charge in [-0.2, -0.15) is 0 Å². The van der Waals surface area contributed by atoms with Crippen molar-refractivity contribution >= 4 is 17.2 Å². The summed E-state index contributed by atoms with van der Waals surface area (Å²) < 4.78 is 5.39. The van der Waals surface area contributed by atoms with Gasteiger partial charge < -0.3 is 9.73 Å². The van der Waals surface area contributed by atoms with Crippen LogP contribution in [0.4, 0.5) is 0 Å². The van der Waals surface area contributed by atoms with Crippen LogP contribution < -0.4 is 5.32 Å². The number of furan rings is 1. The van der Waals surface area contributed by atoms with Crippen molar-refractivity contribution in [3.63, 3.8) is 0 Å². The van der Waals surface area contributed by atoms with E-state index in [1.807, 2.05) is 18.2 Å². The fraction of sp³-hybridized carbons (Fsp3) is 0.438. The topological polar surface area (TPSA) is 45.5 Å². The number of carbonyl (C=O) groups is 1. The first-order valence-corrected chi connectivity index (χ1v) is 8.05. The summed E-state index contributed by atoms with van der Waals surface area (Å²) in [5.74, 6) is 1.40. The molecule has 0 saturated heterocycles. The Labute approximate surface area is 129 Å². The lowest BCUT2D eigenvalue weighted by Crippen LogP contribution is -2.37. The average Bonchev–Trinajstić information content (AvgIpc) is 3.10. The molecule has 0 atom stereocenters. The lowest BCUT2D eigenvalue weighted by molar-refractivity contribution is -0.122. The summed E-state index contributed by atoms with van der Waals surface area (Å²) in [4.78, 5) is 15.4. The minimum absolute atomic E-state index is 0.0619. The largest absolute Gasteiger partial charge is 0.468 e. The van der Waals surface area contributed by atoms with Gasteiger partial charge in [-0.1, -0.05) is 19.9 Å². The van der Waals surface area contributed by atoms with E-state index in [1.54, 1.807) is 17.6 Å². The highest BCUT2D eigenvalue weighted by molar-refractivity contribution is 7.09. The van der Waals surface area contributed by atoms with Gasteiger partial charge in [0.15, 0.2) is 0 Å². The van der Waals surface area contributed by atoms with Crippen molar-refractivity contribution in [2.45, 2.75) is 26.9 Å². The molecule has 0 radical (unpaired) electrons. The van der Waals surface area contributed by atoms with E-state index < -0.39 is 0 Å². The molecule has 0 aromatic carbocycles. The van der Waals surface area contributed by atoms with Crippen molar-refractivity contribution in [3.05, 3.63) is 46.5 Å². The number of nitrogens with one attached hydrogen (secondary N) is 1. The molecule has 0 saturated carbocycles. The van der Waals surface area contributed by atoms with Crippen LogP contribution in [0.1, 0.15) is 24.5 Å². The van der Waals surface area contributed by atoms with Gasteiger partial charge in [0.2, 0.25) is 5.91 Å². The lowest BCUT2D eigenvalue weighted by Gasteiger charge is -2.20. The van der Waals surface area contributed by atoms with Crippen LogP contribution in [0, 0.1) is 5.92 Å². The fourth-order valence-electron chi connectivity index (χ4n) is 1.99. The normalized spacial score (nSPS) is 11.2. The number of hydrogen-bond donors (Lipinski definition) is 1. The van der Waals surface area contributed by atoms with E-state index in [0.29, 0.717) is 25.6 Å². The number of rotatable bonds is 8. The predicted octanol–water partition coefficient (Wildman–Crippen LogP) is 3.12. The monoisotopic (exact) mass is 306 g/mol. The second-order valence-corrected chi connectivity index (χ2v) is 6.53. The highest BCUT2D eigenvalue weighted by Gasteiger charge is 2.14. The number of hydrogen-bond acceptors (Lipinski definition) is 4. The third-order valence-corrected chi connectivity index (χ3v) is 3.85. The van der Waals surface area contributed by atoms with Crippen LogP contribution in [-0.2, 0) is 17.9 Å². The first-order chi connectivity index (χ1) is 10.1. The first kappa shape index (κ1) is 15.8. The summed E-state index contributed by atoms with van der Waals surface area (Å²) in [6, 6.07) is 7.93. The van der Waals surface area contributed by atoms with Gasteiger partial charge in [-0.3, -0.25) is 9.69 Å². The number of carbonyl (C=O) groups excluding carboxylic acids is 1. The molecule has 5 heteroatoms. The van der Waals surface area contributed by atoms with Crippen molar-refractivity contribution in [3.8, 4) is 0 Å². The van der Waals surface area contributed by atoms with Crippen LogP contribution in [0.3, 0.4) is 0 Å². The Hall–Kier alpha value is -1.59. The van der Waals surface area contributed by atoms with Gasteiger partial charge in [0.1, 0.15) is 5.76 Å². The quantitative estimate of drug-likeness (QED) is 0.815. The van der Waals surface area contributed by atoms with E-state index in [2.05, 4.69) is 35.5 Å². The summed E-state index contributed by atoms with van der Waals surface area (Å²) >= 11 is 1.71. The molecular weight excluding hydrogens is 284 g/mol. The van der Waals surface area contributed by atoms with Gasteiger partial charge in [-0.25, -0.2) is 0 Å². The zero-order valence-electron chi connectivity index (χ0n) is 12.5. The third-order valence-electron chi connectivity index (χ3n) is 2.99. The molecule has 2 aromatic rings. The van der Waals surface area contributed by atoms with Crippen molar-refractivity contribution in [1.82, 2.24) is 10.2 Å². The van der Waals surface area contributed by atoms with E-state index >= 15 is 0 Å². The zero-order valence-corrected chi connectivity index (χ0v) is 13.4. The zero-order chi connectivity index (χ0) is 15.1. The Balaban J connectivity index is 1.92. The third kappa shape index (κ3) is 5.73. The molecule has 0 aliphatic rings. The summed E-state index contributed by atoms with van der Waals surface area (Å²) in [6.07, 6.45) is 1.66. The number of nitrogens with zero attached hydrogens (tertiary/aromatic N) is 1. The molecule has 2 heterocycles. The Morgan fingerprint density at radius 1 is 1.33 bits per heavy atom. The molecule has 21 heavy (non-hydrogen) atoms. The smallest absolute Gasteiger partial charge is 0.234 e. The summed E-state index contributed by atoms with van der Waals surface area (Å²) in [7, 11) is 0. The van der Waals surface area contributed by atoms with Crippen LogP contribution in [0.15, 0.2) is 40.3 Å². The maximum atomic E-state index is 12.0. The molecule has 2 rings (SSSR count). The van der Waals surface area contributed by atoms with E-state index in [4.69, 9.17) is 4.42 Å². The minimum atomic E-state index is 0.0619. The van der Waals surface area contributed by atoms with E-state index in [0.717, 1.165) is 12.3 Å². The Bertz CT molecular complexity index is 484. The maximum absolute atomic E-state index is 12.0. The van der Waals surface area contributed by atoms with Crippen molar-refractivity contribution in [2.75, 3.05) is 13.1 Å². The summed E-state index contributed by atoms with van der Waals surface area (Å²) in [5, 5.41) is 5.02. The van der Waals surface area contributed by atoms with Crippen LogP contribution in [-0.4, -0.2) is 23.9 Å². The van der Waals surface area contributed by atoms with Gasteiger partial charge in [-0.05, 0) is 29.5 Å². The maximum Gasteiger partial charge on any atom is 0.234 e. The van der Waals surface area contributed by atoms with Crippen molar-refractivity contribution in [1.29, 1.82) is 0 Å². The van der Waals surface area contributed by atoms with Crippen LogP contribution in [0.5, 0.6) is 0 Å². The molecule has 1 amide bonds. The lowest BCUT2D eigenvalue weighted by atomic mass is 10.2. The highest BCUT2D eigenvalue weighted by atomic mass is 32.1. The molecule has 114 valence electrons. The Morgan fingerprint density at radius 3 is 2.81 bits per heavy atom. The molecule has 0 unspecified atom stereocenters. The number of thiophene rings is 1. The van der Waals surface area contributed by atoms with Gasteiger partial charge >= 0.3 is 0 Å².